The highest BCUT2D eigenvalue weighted by Gasteiger charge is 2.54. The van der Waals surface area contributed by atoms with Gasteiger partial charge in [-0.05, 0) is 12.5 Å². The molecule has 29 heavy (non-hydrogen) atoms. The van der Waals surface area contributed by atoms with E-state index < -0.39 is 6.04 Å². The molecule has 3 amide bonds. The molecule has 8 nitrogen and oxygen atoms in total. The molecule has 3 aliphatic heterocycles. The Balaban J connectivity index is 1.78. The Bertz CT molecular complexity index is 1000. The number of fused-ring (bicyclic) bond motifs is 2. The predicted molar refractivity (Wildman–Crippen MR) is 111 cm³/mol. The maximum Gasteiger partial charge on any atom is 0.417 e. The van der Waals surface area contributed by atoms with Gasteiger partial charge in [-0.3, -0.25) is 14.6 Å². The number of amidine groups is 1. The van der Waals surface area contributed by atoms with E-state index in [1.165, 1.54) is 22.4 Å². The van der Waals surface area contributed by atoms with Crippen LogP contribution in [-0.4, -0.2) is 75.5 Å². The van der Waals surface area contributed by atoms with Gasteiger partial charge in [-0.1, -0.05) is 55.6 Å². The maximum absolute atomic E-state index is 13.0. The SMILES string of the molecule is Cc1cccc(CN2N=C(C(C)(C)C)C[N+]3=C2N=C2C3C(=O)N(C)C(=O)N2C)c1. The summed E-state index contributed by atoms with van der Waals surface area (Å²) in [6, 6.07) is 7.29. The molecule has 1 aromatic rings. The second kappa shape index (κ2) is 6.50. The number of carbonyl (C=O) groups excluding carboxylic acids is 2. The molecule has 4 rings (SSSR count). The number of aryl methyl sites for hydroxylation is 1. The zero-order valence-electron chi connectivity index (χ0n) is 17.8. The van der Waals surface area contributed by atoms with Gasteiger partial charge in [0.25, 0.3) is 5.91 Å². The van der Waals surface area contributed by atoms with Crippen LogP contribution in [-0.2, 0) is 11.3 Å². The molecule has 1 fully saturated rings. The molecule has 3 aliphatic rings. The van der Waals surface area contributed by atoms with Gasteiger partial charge in [-0.25, -0.2) is 9.37 Å². The number of carbonyl (C=O) groups is 2. The van der Waals surface area contributed by atoms with Crippen molar-refractivity contribution in [2.75, 3.05) is 20.6 Å². The van der Waals surface area contributed by atoms with E-state index in [0.29, 0.717) is 24.9 Å². The molecule has 0 aromatic heterocycles. The number of hydrogen-bond donors (Lipinski definition) is 0. The smallest absolute Gasteiger partial charge is 0.270 e. The molecule has 1 atom stereocenters. The molecule has 0 saturated carbocycles. The molecule has 152 valence electrons. The minimum atomic E-state index is -0.606. The first-order valence-electron chi connectivity index (χ1n) is 9.76. The maximum atomic E-state index is 13.0. The summed E-state index contributed by atoms with van der Waals surface area (Å²) >= 11 is 0. The number of nitrogens with zero attached hydrogens (tertiary/aromatic N) is 6. The number of hydrazone groups is 1. The summed E-state index contributed by atoms with van der Waals surface area (Å²) in [7, 11) is 3.18. The van der Waals surface area contributed by atoms with E-state index in [0.717, 1.165) is 11.3 Å². The van der Waals surface area contributed by atoms with Gasteiger partial charge in [-0.2, -0.15) is 0 Å². The molecule has 0 spiro atoms. The summed E-state index contributed by atoms with van der Waals surface area (Å²) in [6.45, 7) is 9.45. The van der Waals surface area contributed by atoms with E-state index in [4.69, 9.17) is 10.1 Å². The van der Waals surface area contributed by atoms with Crippen LogP contribution in [0.5, 0.6) is 0 Å². The number of aliphatic imine (C=N–C) groups is 1. The Morgan fingerprint density at radius 2 is 1.90 bits per heavy atom. The number of hydrogen-bond acceptors (Lipinski definition) is 5. The van der Waals surface area contributed by atoms with Crippen LogP contribution in [0, 0.1) is 12.3 Å². The van der Waals surface area contributed by atoms with E-state index in [2.05, 4.69) is 45.9 Å². The molecular formula is C21H27N6O2+. The van der Waals surface area contributed by atoms with Gasteiger partial charge in [-0.15, -0.1) is 10.1 Å². The van der Waals surface area contributed by atoms with Crippen LogP contribution in [0.3, 0.4) is 0 Å². The van der Waals surface area contributed by atoms with Crippen LogP contribution < -0.4 is 0 Å². The number of imide groups is 1. The summed E-state index contributed by atoms with van der Waals surface area (Å²) in [5, 5.41) is 6.76. The Labute approximate surface area is 170 Å². The van der Waals surface area contributed by atoms with E-state index in [-0.39, 0.29) is 17.4 Å². The van der Waals surface area contributed by atoms with Crippen molar-refractivity contribution < 1.29 is 14.2 Å². The quantitative estimate of drug-likeness (QED) is 0.718. The fourth-order valence-electron chi connectivity index (χ4n) is 3.81. The number of benzene rings is 1. The van der Waals surface area contributed by atoms with Gasteiger partial charge in [0, 0.05) is 19.5 Å². The third kappa shape index (κ3) is 3.12. The lowest BCUT2D eigenvalue weighted by Gasteiger charge is -2.33. The van der Waals surface area contributed by atoms with Gasteiger partial charge in [0.15, 0.2) is 0 Å². The summed E-state index contributed by atoms with van der Waals surface area (Å²) < 4.78 is 1.97. The molecule has 0 bridgehead atoms. The lowest BCUT2D eigenvalue weighted by atomic mass is 9.89. The van der Waals surface area contributed by atoms with E-state index in [1.807, 2.05) is 15.7 Å². The highest BCUT2D eigenvalue weighted by atomic mass is 16.2. The molecule has 1 unspecified atom stereocenters. The monoisotopic (exact) mass is 395 g/mol. The van der Waals surface area contributed by atoms with Crippen molar-refractivity contribution in [3.8, 4) is 0 Å². The molecule has 1 aromatic carbocycles. The standard InChI is InChI=1S/C21H27N6O2/c1-13-8-7-9-14(10-13)11-27-19-22-17-16(18(28)25(6)20(29)24(17)5)26(19)12-15(23-27)21(2,3)4/h7-10,16H,11-12H2,1-6H3/q+1. The third-order valence-corrected chi connectivity index (χ3v) is 5.58. The summed E-state index contributed by atoms with van der Waals surface area (Å²) in [5.74, 6) is 0.822. The number of amides is 3. The number of likely N-dealkylation sites (N-methyl/N-ethyl adjacent to an activating group) is 2. The lowest BCUT2D eigenvalue weighted by Crippen LogP contribution is -2.62. The van der Waals surface area contributed by atoms with Crippen LogP contribution in [0.4, 0.5) is 4.79 Å². The van der Waals surface area contributed by atoms with Crippen LogP contribution in [0.1, 0.15) is 31.9 Å². The minimum Gasteiger partial charge on any atom is -0.270 e. The molecular weight excluding hydrogens is 368 g/mol. The summed E-state index contributed by atoms with van der Waals surface area (Å²) in [5.41, 5.74) is 3.10. The molecule has 0 N–H and O–H groups in total. The van der Waals surface area contributed by atoms with Crippen molar-refractivity contribution in [1.82, 2.24) is 14.8 Å². The number of urea groups is 1. The van der Waals surface area contributed by atoms with E-state index in [9.17, 15) is 9.59 Å². The average molecular weight is 395 g/mol. The third-order valence-electron chi connectivity index (χ3n) is 5.58. The zero-order valence-corrected chi connectivity index (χ0v) is 17.8. The average Bonchev–Trinajstić information content (AvgIpc) is 3.04. The Hall–Kier alpha value is -3.03. The second-order valence-electron chi connectivity index (χ2n) is 8.88. The lowest BCUT2D eigenvalue weighted by molar-refractivity contribution is -0.528. The normalized spacial score (nSPS) is 22.0. The largest absolute Gasteiger partial charge is 0.417 e. The van der Waals surface area contributed by atoms with E-state index in [1.54, 1.807) is 7.05 Å². The van der Waals surface area contributed by atoms with Crippen molar-refractivity contribution in [1.29, 1.82) is 0 Å². The van der Waals surface area contributed by atoms with Crippen LogP contribution >= 0.6 is 0 Å². The fraction of sp³-hybridized carbons (Fsp3) is 0.476. The first-order valence-corrected chi connectivity index (χ1v) is 9.76. The Kier molecular flexibility index (Phi) is 4.33. The zero-order chi connectivity index (χ0) is 21.1. The fourth-order valence-corrected chi connectivity index (χ4v) is 3.81. The number of rotatable bonds is 2. The first kappa shape index (κ1) is 19.3. The Morgan fingerprint density at radius 1 is 1.17 bits per heavy atom. The topological polar surface area (TPSA) is 71.6 Å². The van der Waals surface area contributed by atoms with Crippen LogP contribution in [0.25, 0.3) is 0 Å². The molecule has 8 heteroatoms. The summed E-state index contributed by atoms with van der Waals surface area (Å²) in [6.07, 6.45) is 0. The van der Waals surface area contributed by atoms with Gasteiger partial charge in [0.2, 0.25) is 11.9 Å². The summed E-state index contributed by atoms with van der Waals surface area (Å²) in [4.78, 5) is 32.7. The minimum absolute atomic E-state index is 0.162. The second-order valence-corrected chi connectivity index (χ2v) is 8.88. The van der Waals surface area contributed by atoms with Gasteiger partial charge in [0.1, 0.15) is 13.1 Å². The molecule has 1 saturated heterocycles. The first-order chi connectivity index (χ1) is 13.6. The van der Waals surface area contributed by atoms with Crippen molar-refractivity contribution in [3.05, 3.63) is 35.4 Å². The predicted octanol–water partition coefficient (Wildman–Crippen LogP) is 1.89. The van der Waals surface area contributed by atoms with Crippen molar-refractivity contribution in [2.24, 2.45) is 15.5 Å². The van der Waals surface area contributed by atoms with Gasteiger partial charge >= 0.3 is 12.0 Å². The Morgan fingerprint density at radius 3 is 2.55 bits per heavy atom. The van der Waals surface area contributed by atoms with Crippen molar-refractivity contribution >= 4 is 29.4 Å². The van der Waals surface area contributed by atoms with Crippen molar-refractivity contribution in [2.45, 2.75) is 40.3 Å². The van der Waals surface area contributed by atoms with Crippen molar-refractivity contribution in [3.63, 3.8) is 0 Å². The van der Waals surface area contributed by atoms with Crippen LogP contribution in [0.15, 0.2) is 34.4 Å². The number of guanidine groups is 1. The highest BCUT2D eigenvalue weighted by Crippen LogP contribution is 2.27. The van der Waals surface area contributed by atoms with Crippen LogP contribution in [0.2, 0.25) is 0 Å². The molecule has 0 aliphatic carbocycles. The van der Waals surface area contributed by atoms with Gasteiger partial charge < -0.3 is 0 Å². The van der Waals surface area contributed by atoms with Gasteiger partial charge in [0.05, 0.1) is 5.71 Å². The highest BCUT2D eigenvalue weighted by molar-refractivity contribution is 6.23. The van der Waals surface area contributed by atoms with E-state index >= 15 is 0 Å². The molecule has 0 radical (unpaired) electrons. The molecule has 3 heterocycles.